The first-order valence-electron chi connectivity index (χ1n) is 14.8. The van der Waals surface area contributed by atoms with Crippen LogP contribution in [-0.4, -0.2) is 70.8 Å². The minimum atomic E-state index is -4.88. The molecule has 2 aliphatic rings. The Morgan fingerprint density at radius 1 is 1.00 bits per heavy atom. The number of anilines is 3. The monoisotopic (exact) mass is 658 g/mol. The van der Waals surface area contributed by atoms with Crippen LogP contribution < -0.4 is 10.6 Å². The molecule has 46 heavy (non-hydrogen) atoms. The second-order valence-corrected chi connectivity index (χ2v) is 14.3. The van der Waals surface area contributed by atoms with Gasteiger partial charge in [-0.1, -0.05) is 6.07 Å². The van der Waals surface area contributed by atoms with E-state index in [1.54, 1.807) is 19.1 Å². The molecular weight excluding hydrogens is 625 g/mol. The van der Waals surface area contributed by atoms with Gasteiger partial charge in [0.25, 0.3) is 10.0 Å². The summed E-state index contributed by atoms with van der Waals surface area (Å²) in [7, 11) is -3.54. The number of hydrogen-bond donors (Lipinski definition) is 4. The Labute approximate surface area is 263 Å². The molecule has 4 heterocycles. The van der Waals surface area contributed by atoms with Gasteiger partial charge in [0.1, 0.15) is 11.6 Å². The second-order valence-electron chi connectivity index (χ2n) is 12.3. The average Bonchev–Trinajstić information content (AvgIpc) is 3.75. The van der Waals surface area contributed by atoms with Crippen molar-refractivity contribution < 1.29 is 31.8 Å². The molecule has 1 unspecified atom stereocenters. The molecule has 4 aromatic heterocycles. The number of nitrogens with one attached hydrogen (secondary N) is 2. The van der Waals surface area contributed by atoms with Gasteiger partial charge < -0.3 is 20.8 Å². The molecule has 4 aromatic rings. The third kappa shape index (κ3) is 6.55. The van der Waals surface area contributed by atoms with Crippen molar-refractivity contribution in [1.29, 1.82) is 0 Å². The van der Waals surface area contributed by atoms with E-state index < -0.39 is 38.2 Å². The molecule has 2 aliphatic carbocycles. The number of nitrogens with zero attached hydrogens (tertiary/aromatic N) is 6. The van der Waals surface area contributed by atoms with Crippen LogP contribution in [0.15, 0.2) is 55.2 Å². The summed E-state index contributed by atoms with van der Waals surface area (Å²) in [6, 6.07) is 5.94. The minimum absolute atomic E-state index is 0.00793. The van der Waals surface area contributed by atoms with Crippen molar-refractivity contribution >= 4 is 27.3 Å². The van der Waals surface area contributed by atoms with Crippen LogP contribution in [0, 0.1) is 0 Å². The van der Waals surface area contributed by atoms with E-state index in [9.17, 15) is 31.8 Å². The highest BCUT2D eigenvalue weighted by Crippen LogP contribution is 2.39. The van der Waals surface area contributed by atoms with E-state index in [0.29, 0.717) is 79.6 Å². The maximum atomic E-state index is 13.4. The molecule has 16 heteroatoms. The van der Waals surface area contributed by atoms with Crippen molar-refractivity contribution in [3.05, 3.63) is 60.8 Å². The van der Waals surface area contributed by atoms with E-state index >= 15 is 0 Å². The Kier molecular flexibility index (Phi) is 8.01. The van der Waals surface area contributed by atoms with Crippen LogP contribution in [0.3, 0.4) is 0 Å². The predicted octanol–water partition coefficient (Wildman–Crippen LogP) is 4.76. The first kappa shape index (κ1) is 31.8. The summed E-state index contributed by atoms with van der Waals surface area (Å²) in [4.78, 5) is 17.5. The van der Waals surface area contributed by atoms with Crippen LogP contribution in [-0.2, 0) is 15.6 Å². The molecule has 0 radical (unpaired) electrons. The van der Waals surface area contributed by atoms with Crippen molar-refractivity contribution in [1.82, 2.24) is 29.1 Å². The van der Waals surface area contributed by atoms with Crippen LogP contribution in [0.2, 0.25) is 0 Å². The number of aromatic nitrogens is 6. The zero-order valence-corrected chi connectivity index (χ0v) is 25.8. The molecule has 0 bridgehead atoms. The van der Waals surface area contributed by atoms with Gasteiger partial charge in [-0.2, -0.15) is 22.4 Å². The maximum absolute atomic E-state index is 13.4. The zero-order chi connectivity index (χ0) is 32.9. The van der Waals surface area contributed by atoms with E-state index in [0.717, 1.165) is 10.3 Å². The Bertz CT molecular complexity index is 1830. The standard InChI is InChI=1S/C30H33F3N8O4S/c1-28(42)10-7-20(8-11-28)38-24-13-26(36-16-22(24)23-6-3-19(15-35-23)29(2,43)30(31,32)33)39-25-9-12-34-27(40-25)18-14-37-41(17-18)46(44,45)21-4-5-21/h3,6,9,12-17,20-21,42-43H,4-5,7-8,10-11H2,1-2H3,(H2,34,36,38,39,40). The van der Waals surface area contributed by atoms with Gasteiger partial charge in [0.05, 0.1) is 34.5 Å². The zero-order valence-electron chi connectivity index (χ0n) is 25.0. The maximum Gasteiger partial charge on any atom is 0.421 e. The Morgan fingerprint density at radius 3 is 2.39 bits per heavy atom. The van der Waals surface area contributed by atoms with Crippen LogP contribution in [0.25, 0.3) is 22.6 Å². The van der Waals surface area contributed by atoms with Crippen molar-refractivity contribution in [2.75, 3.05) is 10.6 Å². The normalized spacial score (nSPS) is 21.8. The molecule has 0 aromatic carbocycles. The van der Waals surface area contributed by atoms with Gasteiger partial charge in [-0.15, -0.1) is 0 Å². The fraction of sp³-hybridized carbons (Fsp3) is 0.433. The lowest BCUT2D eigenvalue weighted by atomic mass is 9.83. The van der Waals surface area contributed by atoms with E-state index in [2.05, 4.69) is 35.7 Å². The Balaban J connectivity index is 1.27. The van der Waals surface area contributed by atoms with Gasteiger partial charge in [0, 0.05) is 47.5 Å². The fourth-order valence-electron chi connectivity index (χ4n) is 5.23. The molecule has 1 atom stereocenters. The van der Waals surface area contributed by atoms with Crippen LogP contribution >= 0.6 is 0 Å². The Hall–Kier alpha value is -4.15. The summed E-state index contributed by atoms with van der Waals surface area (Å²) in [6.07, 6.45) is 5.73. The third-order valence-corrected chi connectivity index (χ3v) is 10.5. The first-order valence-corrected chi connectivity index (χ1v) is 16.3. The summed E-state index contributed by atoms with van der Waals surface area (Å²) in [5.41, 5.74) is -2.32. The van der Waals surface area contributed by atoms with E-state index in [4.69, 9.17) is 0 Å². The van der Waals surface area contributed by atoms with Crippen molar-refractivity contribution in [2.45, 2.75) is 81.0 Å². The predicted molar refractivity (Wildman–Crippen MR) is 163 cm³/mol. The number of alkyl halides is 3. The number of pyridine rings is 2. The molecule has 0 saturated heterocycles. The summed E-state index contributed by atoms with van der Waals surface area (Å²) in [5.74, 6) is 1.02. The SMILES string of the molecule is CC1(O)CCC(Nc2cc(Nc3ccnc(-c4cnn(S(=O)(=O)C5CC5)c4)n3)ncc2-c2ccc(C(C)(O)C(F)(F)F)cn2)CC1. The molecule has 244 valence electrons. The third-order valence-electron chi connectivity index (χ3n) is 8.42. The lowest BCUT2D eigenvalue weighted by Crippen LogP contribution is -2.39. The van der Waals surface area contributed by atoms with Crippen LogP contribution in [0.5, 0.6) is 0 Å². The number of rotatable bonds is 9. The molecule has 2 saturated carbocycles. The van der Waals surface area contributed by atoms with Crippen molar-refractivity contribution in [3.8, 4) is 22.6 Å². The lowest BCUT2D eigenvalue weighted by Gasteiger charge is -2.34. The van der Waals surface area contributed by atoms with Crippen LogP contribution in [0.1, 0.15) is 57.9 Å². The van der Waals surface area contributed by atoms with E-state index in [-0.39, 0.29) is 11.9 Å². The summed E-state index contributed by atoms with van der Waals surface area (Å²) in [6.45, 7) is 2.48. The summed E-state index contributed by atoms with van der Waals surface area (Å²) in [5, 5.41) is 30.7. The highest BCUT2D eigenvalue weighted by molar-refractivity contribution is 7.90. The van der Waals surface area contributed by atoms with Gasteiger partial charge >= 0.3 is 6.18 Å². The average molecular weight is 659 g/mol. The molecule has 4 N–H and O–H groups in total. The smallest absolute Gasteiger partial charge is 0.390 e. The highest BCUT2D eigenvalue weighted by atomic mass is 32.2. The lowest BCUT2D eigenvalue weighted by molar-refractivity contribution is -0.259. The highest BCUT2D eigenvalue weighted by Gasteiger charge is 2.51. The van der Waals surface area contributed by atoms with Crippen molar-refractivity contribution in [2.24, 2.45) is 0 Å². The largest absolute Gasteiger partial charge is 0.421 e. The van der Waals surface area contributed by atoms with Gasteiger partial charge in [0.2, 0.25) is 0 Å². The molecule has 12 nitrogen and oxygen atoms in total. The van der Waals surface area contributed by atoms with Gasteiger partial charge in [-0.3, -0.25) is 4.98 Å². The van der Waals surface area contributed by atoms with E-state index in [1.165, 1.54) is 36.9 Å². The van der Waals surface area contributed by atoms with E-state index in [1.807, 2.05) is 0 Å². The number of hydrogen-bond acceptors (Lipinski definition) is 11. The Morgan fingerprint density at radius 2 is 1.74 bits per heavy atom. The van der Waals surface area contributed by atoms with Gasteiger partial charge in [-0.05, 0) is 64.5 Å². The molecule has 2 fully saturated rings. The number of aliphatic hydroxyl groups is 2. The van der Waals surface area contributed by atoms with Gasteiger partial charge in [0.15, 0.2) is 11.4 Å². The minimum Gasteiger partial charge on any atom is -0.390 e. The summed E-state index contributed by atoms with van der Waals surface area (Å²) >= 11 is 0. The second kappa shape index (κ2) is 11.6. The van der Waals surface area contributed by atoms with Crippen LogP contribution in [0.4, 0.5) is 30.5 Å². The number of halogens is 3. The molecular formula is C30H33F3N8O4S. The summed E-state index contributed by atoms with van der Waals surface area (Å²) < 4.78 is 66.2. The molecule has 0 amide bonds. The fourth-order valence-corrected chi connectivity index (χ4v) is 6.71. The quantitative estimate of drug-likeness (QED) is 0.196. The first-order chi connectivity index (χ1) is 21.6. The van der Waals surface area contributed by atoms with Crippen molar-refractivity contribution in [3.63, 3.8) is 0 Å². The molecule has 0 spiro atoms. The molecule has 6 rings (SSSR count). The van der Waals surface area contributed by atoms with Gasteiger partial charge in [-0.25, -0.2) is 23.4 Å². The topological polar surface area (TPSA) is 168 Å². The molecule has 0 aliphatic heterocycles.